The van der Waals surface area contributed by atoms with Crippen LogP contribution in [0.25, 0.3) is 10.9 Å². The Hall–Kier alpha value is -1.67. The summed E-state index contributed by atoms with van der Waals surface area (Å²) < 4.78 is 28.9. The largest absolute Gasteiger partial charge is 0.382 e. The maximum Gasteiger partial charge on any atom is 0.240 e. The third-order valence-electron chi connectivity index (χ3n) is 5.22. The van der Waals surface area contributed by atoms with Gasteiger partial charge >= 0.3 is 0 Å². The predicted octanol–water partition coefficient (Wildman–Crippen LogP) is 5.35. The third-order valence-corrected chi connectivity index (χ3v) is 7.47. The summed E-state index contributed by atoms with van der Waals surface area (Å²) in [5.74, 6) is 0. The average Bonchev–Trinajstić information content (AvgIpc) is 2.69. The van der Waals surface area contributed by atoms with Gasteiger partial charge in [-0.25, -0.2) is 13.1 Å². The van der Waals surface area contributed by atoms with Gasteiger partial charge in [-0.3, -0.25) is 4.98 Å². The zero-order chi connectivity index (χ0) is 20.4. The molecule has 0 amide bonds. The minimum Gasteiger partial charge on any atom is -0.382 e. The molecule has 0 bridgehead atoms. The van der Waals surface area contributed by atoms with Gasteiger partial charge in [-0.15, -0.1) is 0 Å². The van der Waals surface area contributed by atoms with Crippen LogP contribution in [0, 0.1) is 0 Å². The molecule has 8 heteroatoms. The van der Waals surface area contributed by atoms with Crippen LogP contribution in [-0.2, 0) is 10.0 Å². The molecule has 1 aromatic heterocycles. The zero-order valence-corrected chi connectivity index (χ0v) is 18.8. The van der Waals surface area contributed by atoms with E-state index in [0.29, 0.717) is 11.1 Å². The number of pyridine rings is 1. The van der Waals surface area contributed by atoms with Gasteiger partial charge in [0.15, 0.2) is 0 Å². The summed E-state index contributed by atoms with van der Waals surface area (Å²) in [7, 11) is -3.51. The molecule has 2 aromatic carbocycles. The summed E-state index contributed by atoms with van der Waals surface area (Å²) in [5.41, 5.74) is 1.89. The van der Waals surface area contributed by atoms with Gasteiger partial charge in [0.1, 0.15) is 0 Å². The maximum absolute atomic E-state index is 12.6. The Balaban J connectivity index is 1.39. The Morgan fingerprint density at radius 3 is 2.52 bits per heavy atom. The van der Waals surface area contributed by atoms with Crippen molar-refractivity contribution in [2.75, 3.05) is 5.32 Å². The molecule has 1 aliphatic carbocycles. The average molecular weight is 495 g/mol. The summed E-state index contributed by atoms with van der Waals surface area (Å²) in [4.78, 5) is 4.66. The minimum absolute atomic E-state index is 0.0509. The summed E-state index contributed by atoms with van der Waals surface area (Å²) in [6.45, 7) is 0. The molecular formula is C21H21BrClN3O2S. The molecular weight excluding hydrogens is 474 g/mol. The fourth-order valence-corrected chi connectivity index (χ4v) is 5.81. The number of sulfonamides is 1. The number of halogens is 2. The molecule has 0 radical (unpaired) electrons. The van der Waals surface area contributed by atoms with E-state index in [1.54, 1.807) is 24.4 Å². The monoisotopic (exact) mass is 493 g/mol. The molecule has 0 atom stereocenters. The number of aromatic nitrogens is 1. The van der Waals surface area contributed by atoms with E-state index in [0.717, 1.165) is 46.7 Å². The van der Waals surface area contributed by atoms with Gasteiger partial charge in [0.05, 0.1) is 10.4 Å². The van der Waals surface area contributed by atoms with Gasteiger partial charge in [-0.05, 0) is 68.1 Å². The molecule has 4 rings (SSSR count). The lowest BCUT2D eigenvalue weighted by Crippen LogP contribution is -2.40. The van der Waals surface area contributed by atoms with Crippen molar-refractivity contribution in [1.82, 2.24) is 9.71 Å². The fraction of sp³-hybridized carbons (Fsp3) is 0.286. The van der Waals surface area contributed by atoms with Gasteiger partial charge in [-0.1, -0.05) is 33.6 Å². The zero-order valence-electron chi connectivity index (χ0n) is 15.6. The van der Waals surface area contributed by atoms with E-state index in [1.807, 2.05) is 30.3 Å². The van der Waals surface area contributed by atoms with Gasteiger partial charge in [-0.2, -0.15) is 0 Å². The molecule has 29 heavy (non-hydrogen) atoms. The van der Waals surface area contributed by atoms with Gasteiger partial charge < -0.3 is 5.32 Å². The van der Waals surface area contributed by atoms with Crippen LogP contribution in [0.2, 0.25) is 5.02 Å². The van der Waals surface area contributed by atoms with E-state index in [-0.39, 0.29) is 10.9 Å². The highest BCUT2D eigenvalue weighted by Crippen LogP contribution is 2.28. The summed E-state index contributed by atoms with van der Waals surface area (Å²) >= 11 is 9.39. The number of nitrogens with zero attached hydrogens (tertiary/aromatic N) is 1. The number of nitrogens with one attached hydrogen (secondary N) is 2. The fourth-order valence-electron chi connectivity index (χ4n) is 3.74. The van der Waals surface area contributed by atoms with Gasteiger partial charge in [0, 0.05) is 38.8 Å². The smallest absolute Gasteiger partial charge is 0.240 e. The van der Waals surface area contributed by atoms with Gasteiger partial charge in [0.25, 0.3) is 0 Å². The van der Waals surface area contributed by atoms with Crippen molar-refractivity contribution in [2.45, 2.75) is 42.7 Å². The van der Waals surface area contributed by atoms with Crippen molar-refractivity contribution in [3.8, 4) is 0 Å². The first-order valence-electron chi connectivity index (χ1n) is 9.49. The second kappa shape index (κ2) is 8.60. The highest BCUT2D eigenvalue weighted by atomic mass is 79.9. The quantitative estimate of drug-likeness (QED) is 0.501. The Morgan fingerprint density at radius 1 is 1.00 bits per heavy atom. The van der Waals surface area contributed by atoms with Crippen molar-refractivity contribution in [2.24, 2.45) is 0 Å². The number of fused-ring (bicyclic) bond motifs is 1. The number of hydrogen-bond acceptors (Lipinski definition) is 4. The summed E-state index contributed by atoms with van der Waals surface area (Å²) in [5, 5.41) is 5.30. The highest BCUT2D eigenvalue weighted by molar-refractivity contribution is 9.10. The Kier molecular flexibility index (Phi) is 6.11. The van der Waals surface area contributed by atoms with Crippen LogP contribution >= 0.6 is 27.5 Å². The normalized spacial score (nSPS) is 19.9. The molecule has 0 saturated heterocycles. The molecule has 1 heterocycles. The lowest BCUT2D eigenvalue weighted by atomic mass is 9.91. The SMILES string of the molecule is O=S(=O)(NC1CCC(Nc2ccnc3cc(Cl)ccc23)CC1)c1cccc(Br)c1. The van der Waals surface area contributed by atoms with E-state index in [4.69, 9.17) is 11.6 Å². The predicted molar refractivity (Wildman–Crippen MR) is 121 cm³/mol. The second-order valence-corrected chi connectivity index (χ2v) is 10.4. The van der Waals surface area contributed by atoms with E-state index >= 15 is 0 Å². The lowest BCUT2D eigenvalue weighted by Gasteiger charge is -2.30. The summed E-state index contributed by atoms with van der Waals surface area (Å²) in [6, 6.07) is 14.7. The van der Waals surface area contributed by atoms with Crippen LogP contribution in [0.15, 0.2) is 64.1 Å². The lowest BCUT2D eigenvalue weighted by molar-refractivity contribution is 0.387. The standard InChI is InChI=1S/C21H21BrClN3O2S/c22-14-2-1-3-18(12-14)29(27,28)26-17-7-5-16(6-8-17)25-20-10-11-24-21-13-15(23)4-9-19(20)21/h1-4,9-13,16-17,26H,5-8H2,(H,24,25). The van der Waals surface area contributed by atoms with Crippen molar-refractivity contribution < 1.29 is 8.42 Å². The second-order valence-electron chi connectivity index (χ2n) is 7.29. The number of hydrogen-bond donors (Lipinski definition) is 2. The highest BCUT2D eigenvalue weighted by Gasteiger charge is 2.26. The van der Waals surface area contributed by atoms with Crippen LogP contribution in [0.1, 0.15) is 25.7 Å². The Morgan fingerprint density at radius 2 is 1.76 bits per heavy atom. The molecule has 3 aromatic rings. The van der Waals surface area contributed by atoms with Crippen molar-refractivity contribution in [3.05, 3.63) is 64.2 Å². The molecule has 0 unspecified atom stereocenters. The minimum atomic E-state index is -3.51. The van der Waals surface area contributed by atoms with Crippen LogP contribution in [-0.4, -0.2) is 25.5 Å². The Bertz CT molecular complexity index is 1130. The topological polar surface area (TPSA) is 71.1 Å². The number of anilines is 1. The van der Waals surface area contributed by atoms with Crippen LogP contribution < -0.4 is 10.0 Å². The first kappa shape index (κ1) is 20.6. The number of benzene rings is 2. The molecule has 0 spiro atoms. The van der Waals surface area contributed by atoms with Crippen LogP contribution in [0.4, 0.5) is 5.69 Å². The van der Waals surface area contributed by atoms with Crippen LogP contribution in [0.3, 0.4) is 0 Å². The van der Waals surface area contributed by atoms with Crippen molar-refractivity contribution in [1.29, 1.82) is 0 Å². The molecule has 5 nitrogen and oxygen atoms in total. The van der Waals surface area contributed by atoms with Gasteiger partial charge in [0.2, 0.25) is 10.0 Å². The van der Waals surface area contributed by atoms with Crippen molar-refractivity contribution in [3.63, 3.8) is 0 Å². The first-order chi connectivity index (χ1) is 13.9. The van der Waals surface area contributed by atoms with E-state index in [9.17, 15) is 8.42 Å². The maximum atomic E-state index is 12.6. The number of rotatable bonds is 5. The van der Waals surface area contributed by atoms with E-state index < -0.39 is 10.0 Å². The molecule has 2 N–H and O–H groups in total. The molecule has 1 aliphatic rings. The molecule has 1 saturated carbocycles. The molecule has 152 valence electrons. The molecule has 1 fully saturated rings. The van der Waals surface area contributed by atoms with E-state index in [2.05, 4.69) is 31.0 Å². The van der Waals surface area contributed by atoms with Crippen LogP contribution in [0.5, 0.6) is 0 Å². The Labute approximate surface area is 184 Å². The first-order valence-corrected chi connectivity index (χ1v) is 12.1. The third kappa shape index (κ3) is 4.91. The van der Waals surface area contributed by atoms with E-state index in [1.165, 1.54) is 0 Å². The summed E-state index contributed by atoms with van der Waals surface area (Å²) in [6.07, 6.45) is 5.14. The molecule has 0 aliphatic heterocycles. The van der Waals surface area contributed by atoms with Crippen molar-refractivity contribution >= 4 is 54.1 Å².